The number of likely N-dealkylation sites (N-methyl/N-ethyl adjacent to an activating group) is 1. The van der Waals surface area contributed by atoms with E-state index in [1.807, 2.05) is 13.8 Å². The molecule has 0 aromatic rings. The van der Waals surface area contributed by atoms with Crippen LogP contribution in [0.3, 0.4) is 0 Å². The minimum Gasteiger partial charge on any atom is -0.335 e. The monoisotopic (exact) mass is 213 g/mol. The van der Waals surface area contributed by atoms with Crippen LogP contribution in [0, 0.1) is 0 Å². The molecule has 1 aliphatic heterocycles. The Kier molecular flexibility index (Phi) is 4.55. The van der Waals surface area contributed by atoms with Crippen LogP contribution in [-0.4, -0.2) is 60.9 Å². The van der Waals surface area contributed by atoms with E-state index in [-0.39, 0.29) is 11.8 Å². The highest BCUT2D eigenvalue weighted by Gasteiger charge is 2.26. The van der Waals surface area contributed by atoms with E-state index >= 15 is 0 Å². The van der Waals surface area contributed by atoms with Crippen molar-refractivity contribution in [1.29, 1.82) is 0 Å². The van der Waals surface area contributed by atoms with Crippen LogP contribution in [-0.2, 0) is 9.59 Å². The van der Waals surface area contributed by atoms with Gasteiger partial charge in [-0.2, -0.15) is 0 Å². The number of hydrogen-bond donors (Lipinski definition) is 1. The van der Waals surface area contributed by atoms with Crippen LogP contribution < -0.4 is 5.32 Å². The molecule has 0 aromatic carbocycles. The summed E-state index contributed by atoms with van der Waals surface area (Å²) >= 11 is 0. The zero-order chi connectivity index (χ0) is 11.3. The lowest BCUT2D eigenvalue weighted by atomic mass is 10.3. The second-order valence-corrected chi connectivity index (χ2v) is 3.52. The molecule has 0 bridgehead atoms. The summed E-state index contributed by atoms with van der Waals surface area (Å²) in [6, 6.07) is 0. The molecule has 0 aromatic heterocycles. The molecule has 0 saturated carbocycles. The van der Waals surface area contributed by atoms with Crippen molar-refractivity contribution in [2.45, 2.75) is 13.8 Å². The Hall–Kier alpha value is -1.10. The second-order valence-electron chi connectivity index (χ2n) is 3.52. The van der Waals surface area contributed by atoms with Gasteiger partial charge in [0.1, 0.15) is 0 Å². The van der Waals surface area contributed by atoms with Crippen molar-refractivity contribution < 1.29 is 9.59 Å². The van der Waals surface area contributed by atoms with Gasteiger partial charge in [-0.1, -0.05) is 0 Å². The second kappa shape index (κ2) is 5.70. The number of carbonyl (C=O) groups is 2. The highest BCUT2D eigenvalue weighted by Crippen LogP contribution is 1.98. The predicted octanol–water partition coefficient (Wildman–Crippen LogP) is -0.713. The first-order chi connectivity index (χ1) is 7.20. The van der Waals surface area contributed by atoms with E-state index in [0.29, 0.717) is 26.2 Å². The van der Waals surface area contributed by atoms with Crippen molar-refractivity contribution in [2.75, 3.05) is 39.3 Å². The highest BCUT2D eigenvalue weighted by atomic mass is 16.2. The predicted molar refractivity (Wildman–Crippen MR) is 57.4 cm³/mol. The molecular formula is C10H19N3O2. The molecule has 5 heteroatoms. The summed E-state index contributed by atoms with van der Waals surface area (Å²) < 4.78 is 0. The van der Waals surface area contributed by atoms with Crippen LogP contribution in [0.1, 0.15) is 13.8 Å². The van der Waals surface area contributed by atoms with E-state index in [1.54, 1.807) is 9.80 Å². The normalized spacial score (nSPS) is 16.3. The van der Waals surface area contributed by atoms with Crippen molar-refractivity contribution in [2.24, 2.45) is 0 Å². The zero-order valence-electron chi connectivity index (χ0n) is 9.45. The number of nitrogens with zero attached hydrogens (tertiary/aromatic N) is 2. The fourth-order valence-electron chi connectivity index (χ4n) is 1.65. The lowest BCUT2D eigenvalue weighted by Gasteiger charge is -2.28. The average molecular weight is 213 g/mol. The van der Waals surface area contributed by atoms with Crippen molar-refractivity contribution in [3.05, 3.63) is 0 Å². The maximum Gasteiger partial charge on any atom is 0.312 e. The number of nitrogens with one attached hydrogen (secondary N) is 1. The third kappa shape index (κ3) is 2.92. The number of hydrogen-bond acceptors (Lipinski definition) is 3. The Morgan fingerprint density at radius 1 is 1.20 bits per heavy atom. The third-order valence-corrected chi connectivity index (χ3v) is 2.64. The molecule has 1 N–H and O–H groups in total. The van der Waals surface area contributed by atoms with Gasteiger partial charge in [0, 0.05) is 39.3 Å². The molecule has 15 heavy (non-hydrogen) atoms. The van der Waals surface area contributed by atoms with Crippen molar-refractivity contribution >= 4 is 11.8 Å². The van der Waals surface area contributed by atoms with Crippen LogP contribution in [0.4, 0.5) is 0 Å². The quantitative estimate of drug-likeness (QED) is 0.616. The number of piperazine rings is 1. The molecule has 1 heterocycles. The molecule has 1 fully saturated rings. The van der Waals surface area contributed by atoms with Gasteiger partial charge in [0.05, 0.1) is 0 Å². The molecule has 86 valence electrons. The Balaban J connectivity index is 2.54. The Labute approximate surface area is 90.4 Å². The zero-order valence-corrected chi connectivity index (χ0v) is 9.45. The SMILES string of the molecule is CCN(CC)C(=O)C(=O)N1CCNCC1. The first kappa shape index (κ1) is 12.0. The number of rotatable bonds is 2. The van der Waals surface area contributed by atoms with Crippen molar-refractivity contribution in [1.82, 2.24) is 15.1 Å². The Morgan fingerprint density at radius 2 is 1.73 bits per heavy atom. The van der Waals surface area contributed by atoms with E-state index in [1.165, 1.54) is 0 Å². The van der Waals surface area contributed by atoms with Crippen molar-refractivity contribution in [3.63, 3.8) is 0 Å². The van der Waals surface area contributed by atoms with Gasteiger partial charge >= 0.3 is 11.8 Å². The standard InChI is InChI=1S/C10H19N3O2/c1-3-12(4-2)9(14)10(15)13-7-5-11-6-8-13/h11H,3-8H2,1-2H3. The van der Waals surface area contributed by atoms with Gasteiger partial charge in [-0.05, 0) is 13.8 Å². The van der Waals surface area contributed by atoms with E-state index in [4.69, 9.17) is 0 Å². The summed E-state index contributed by atoms with van der Waals surface area (Å²) in [5.74, 6) is -0.734. The van der Waals surface area contributed by atoms with Crippen LogP contribution in [0.2, 0.25) is 0 Å². The summed E-state index contributed by atoms with van der Waals surface area (Å²) in [6.07, 6.45) is 0. The van der Waals surface area contributed by atoms with Gasteiger partial charge in [0.2, 0.25) is 0 Å². The fourth-order valence-corrected chi connectivity index (χ4v) is 1.65. The van der Waals surface area contributed by atoms with Crippen LogP contribution >= 0.6 is 0 Å². The Morgan fingerprint density at radius 3 is 2.20 bits per heavy atom. The van der Waals surface area contributed by atoms with Gasteiger partial charge < -0.3 is 15.1 Å². The van der Waals surface area contributed by atoms with Crippen LogP contribution in [0.15, 0.2) is 0 Å². The van der Waals surface area contributed by atoms with Gasteiger partial charge in [0.15, 0.2) is 0 Å². The Bertz CT molecular complexity index is 233. The summed E-state index contributed by atoms with van der Waals surface area (Å²) in [7, 11) is 0. The van der Waals surface area contributed by atoms with Gasteiger partial charge in [0.25, 0.3) is 0 Å². The average Bonchev–Trinajstić information content (AvgIpc) is 2.30. The summed E-state index contributed by atoms with van der Waals surface area (Å²) in [4.78, 5) is 26.7. The molecule has 1 saturated heterocycles. The maximum absolute atomic E-state index is 11.8. The van der Waals surface area contributed by atoms with E-state index in [0.717, 1.165) is 13.1 Å². The third-order valence-electron chi connectivity index (χ3n) is 2.64. The molecular weight excluding hydrogens is 194 g/mol. The van der Waals surface area contributed by atoms with Gasteiger partial charge in [-0.3, -0.25) is 9.59 Å². The first-order valence-electron chi connectivity index (χ1n) is 5.49. The molecule has 1 rings (SSSR count). The molecule has 0 radical (unpaired) electrons. The first-order valence-corrected chi connectivity index (χ1v) is 5.49. The minimum atomic E-state index is -0.373. The fraction of sp³-hybridized carbons (Fsp3) is 0.800. The minimum absolute atomic E-state index is 0.361. The molecule has 1 aliphatic rings. The highest BCUT2D eigenvalue weighted by molar-refractivity contribution is 6.34. The lowest BCUT2D eigenvalue weighted by Crippen LogP contribution is -2.52. The maximum atomic E-state index is 11.8. The van der Waals surface area contributed by atoms with E-state index < -0.39 is 0 Å². The summed E-state index contributed by atoms with van der Waals surface area (Å²) in [5.41, 5.74) is 0. The number of amides is 2. The molecule has 0 spiro atoms. The van der Waals surface area contributed by atoms with Crippen molar-refractivity contribution in [3.8, 4) is 0 Å². The van der Waals surface area contributed by atoms with Gasteiger partial charge in [-0.15, -0.1) is 0 Å². The largest absolute Gasteiger partial charge is 0.335 e. The topological polar surface area (TPSA) is 52.7 Å². The van der Waals surface area contributed by atoms with E-state index in [9.17, 15) is 9.59 Å². The number of carbonyl (C=O) groups excluding carboxylic acids is 2. The molecule has 0 aliphatic carbocycles. The van der Waals surface area contributed by atoms with E-state index in [2.05, 4.69) is 5.32 Å². The molecule has 0 unspecified atom stereocenters. The van der Waals surface area contributed by atoms with Gasteiger partial charge in [-0.25, -0.2) is 0 Å². The summed E-state index contributed by atoms with van der Waals surface area (Å²) in [5, 5.41) is 3.15. The lowest BCUT2D eigenvalue weighted by molar-refractivity contribution is -0.151. The molecule has 5 nitrogen and oxygen atoms in total. The smallest absolute Gasteiger partial charge is 0.312 e. The summed E-state index contributed by atoms with van der Waals surface area (Å²) in [6.45, 7) is 7.76. The van der Waals surface area contributed by atoms with Crippen LogP contribution in [0.25, 0.3) is 0 Å². The molecule has 2 amide bonds. The molecule has 0 atom stereocenters. The van der Waals surface area contributed by atoms with Crippen LogP contribution in [0.5, 0.6) is 0 Å².